The minimum absolute atomic E-state index is 0.434. The van der Waals surface area contributed by atoms with Gasteiger partial charge in [-0.2, -0.15) is 0 Å². The maximum atomic E-state index is 10.3. The Morgan fingerprint density at radius 3 is 2.25 bits per heavy atom. The van der Waals surface area contributed by atoms with E-state index in [-0.39, 0.29) is 0 Å². The fourth-order valence-corrected chi connectivity index (χ4v) is 3.18. The summed E-state index contributed by atoms with van der Waals surface area (Å²) in [6.45, 7) is 5.30. The van der Waals surface area contributed by atoms with Crippen LogP contribution in [0.4, 0.5) is 0 Å². The van der Waals surface area contributed by atoms with E-state index in [1.54, 1.807) is 0 Å². The lowest BCUT2D eigenvalue weighted by molar-refractivity contribution is -0.0131. The molecule has 2 fully saturated rings. The zero-order valence-corrected chi connectivity index (χ0v) is 10.7. The molecule has 3 heteroatoms. The van der Waals surface area contributed by atoms with E-state index in [4.69, 9.17) is 0 Å². The topological polar surface area (TPSA) is 35.5 Å². The van der Waals surface area contributed by atoms with Gasteiger partial charge in [0.05, 0.1) is 5.60 Å². The predicted molar refractivity (Wildman–Crippen MR) is 66.0 cm³/mol. The van der Waals surface area contributed by atoms with Gasteiger partial charge in [-0.25, -0.2) is 5.01 Å². The number of aliphatic hydroxyl groups is 1. The molecular formula is C13H26N2O. The highest BCUT2D eigenvalue weighted by molar-refractivity contribution is 4.87. The van der Waals surface area contributed by atoms with Crippen molar-refractivity contribution in [3.8, 4) is 0 Å². The van der Waals surface area contributed by atoms with Crippen LogP contribution >= 0.6 is 0 Å². The first-order valence-corrected chi connectivity index (χ1v) is 6.85. The molecule has 0 spiro atoms. The molecule has 0 aromatic heterocycles. The molecule has 94 valence electrons. The third-order valence-electron chi connectivity index (χ3n) is 4.32. The molecule has 1 heterocycles. The lowest BCUT2D eigenvalue weighted by atomic mass is 9.99. The second-order valence-corrected chi connectivity index (χ2v) is 5.80. The number of hydrogen-bond donors (Lipinski definition) is 2. The van der Waals surface area contributed by atoms with E-state index in [2.05, 4.69) is 24.3 Å². The van der Waals surface area contributed by atoms with Crippen molar-refractivity contribution in [1.29, 1.82) is 0 Å². The Kier molecular flexibility index (Phi) is 3.88. The summed E-state index contributed by atoms with van der Waals surface area (Å²) in [5.41, 5.74) is 3.05. The molecule has 3 nitrogen and oxygen atoms in total. The van der Waals surface area contributed by atoms with Gasteiger partial charge < -0.3 is 5.11 Å². The van der Waals surface area contributed by atoms with Crippen LogP contribution in [0, 0.1) is 0 Å². The van der Waals surface area contributed by atoms with Crippen molar-refractivity contribution in [2.24, 2.45) is 0 Å². The molecule has 0 radical (unpaired) electrons. The number of rotatable bonds is 3. The Hall–Kier alpha value is -0.120. The first-order chi connectivity index (χ1) is 7.61. The average molecular weight is 226 g/mol. The Morgan fingerprint density at radius 2 is 1.69 bits per heavy atom. The van der Waals surface area contributed by atoms with Gasteiger partial charge in [-0.15, -0.1) is 0 Å². The maximum absolute atomic E-state index is 10.3. The van der Waals surface area contributed by atoms with Crippen molar-refractivity contribution >= 4 is 0 Å². The largest absolute Gasteiger partial charge is 0.389 e. The zero-order chi connectivity index (χ0) is 11.6. The second-order valence-electron chi connectivity index (χ2n) is 5.80. The van der Waals surface area contributed by atoms with E-state index >= 15 is 0 Å². The highest BCUT2D eigenvalue weighted by Gasteiger charge is 2.33. The Labute approximate surface area is 99.2 Å². The first-order valence-electron chi connectivity index (χ1n) is 6.85. The Morgan fingerprint density at radius 1 is 1.12 bits per heavy atom. The van der Waals surface area contributed by atoms with E-state index in [0.29, 0.717) is 12.1 Å². The summed E-state index contributed by atoms with van der Waals surface area (Å²) in [5.74, 6) is 0. The van der Waals surface area contributed by atoms with Gasteiger partial charge in [0.1, 0.15) is 0 Å². The lowest BCUT2D eigenvalue weighted by Crippen LogP contribution is -2.55. The summed E-state index contributed by atoms with van der Waals surface area (Å²) >= 11 is 0. The Bertz CT molecular complexity index is 216. The van der Waals surface area contributed by atoms with Crippen molar-refractivity contribution in [3.05, 3.63) is 0 Å². The van der Waals surface area contributed by atoms with Gasteiger partial charge in [-0.1, -0.05) is 19.3 Å². The van der Waals surface area contributed by atoms with E-state index in [1.165, 1.54) is 32.1 Å². The highest BCUT2D eigenvalue weighted by Crippen LogP contribution is 2.29. The summed E-state index contributed by atoms with van der Waals surface area (Å²) in [7, 11) is 0. The number of hydrazine groups is 1. The minimum atomic E-state index is -0.434. The van der Waals surface area contributed by atoms with Crippen LogP contribution < -0.4 is 5.43 Å². The minimum Gasteiger partial charge on any atom is -0.389 e. The van der Waals surface area contributed by atoms with Crippen LogP contribution in [0.2, 0.25) is 0 Å². The van der Waals surface area contributed by atoms with E-state index in [1.807, 2.05) is 0 Å². The van der Waals surface area contributed by atoms with Gasteiger partial charge in [0.25, 0.3) is 0 Å². The number of nitrogens with zero attached hydrogens (tertiary/aromatic N) is 1. The van der Waals surface area contributed by atoms with Crippen LogP contribution in [0.3, 0.4) is 0 Å². The van der Waals surface area contributed by atoms with Crippen molar-refractivity contribution in [2.75, 3.05) is 6.54 Å². The van der Waals surface area contributed by atoms with Crippen LogP contribution in [0.5, 0.6) is 0 Å². The van der Waals surface area contributed by atoms with Crippen LogP contribution in [0.25, 0.3) is 0 Å². The lowest BCUT2D eigenvalue weighted by Gasteiger charge is -2.40. The quantitative estimate of drug-likeness (QED) is 0.773. The van der Waals surface area contributed by atoms with Crippen LogP contribution in [0.15, 0.2) is 0 Å². The highest BCUT2D eigenvalue weighted by atomic mass is 16.3. The molecule has 16 heavy (non-hydrogen) atoms. The van der Waals surface area contributed by atoms with Crippen molar-refractivity contribution in [3.63, 3.8) is 0 Å². The molecular weight excluding hydrogens is 200 g/mol. The SMILES string of the molecule is CC1CCCC(C)N1NCC1(O)CCCC1. The van der Waals surface area contributed by atoms with Gasteiger partial charge in [0.15, 0.2) is 0 Å². The summed E-state index contributed by atoms with van der Waals surface area (Å²) in [6.07, 6.45) is 8.19. The van der Waals surface area contributed by atoms with Gasteiger partial charge in [-0.3, -0.25) is 5.43 Å². The summed E-state index contributed by atoms with van der Waals surface area (Å²) in [5, 5.41) is 12.7. The van der Waals surface area contributed by atoms with Crippen LogP contribution in [0.1, 0.15) is 58.8 Å². The molecule has 2 rings (SSSR count). The average Bonchev–Trinajstić information content (AvgIpc) is 2.65. The maximum Gasteiger partial charge on any atom is 0.0785 e. The van der Waals surface area contributed by atoms with Gasteiger partial charge in [0.2, 0.25) is 0 Å². The normalized spacial score (nSPS) is 35.4. The molecule has 0 amide bonds. The molecule has 2 aliphatic rings. The van der Waals surface area contributed by atoms with Gasteiger partial charge in [0, 0.05) is 18.6 Å². The number of piperidine rings is 1. The molecule has 2 N–H and O–H groups in total. The Balaban J connectivity index is 1.83. The second kappa shape index (κ2) is 5.03. The molecule has 2 atom stereocenters. The van der Waals surface area contributed by atoms with Crippen molar-refractivity contribution in [2.45, 2.75) is 76.5 Å². The van der Waals surface area contributed by atoms with Crippen molar-refractivity contribution < 1.29 is 5.11 Å². The fourth-order valence-electron chi connectivity index (χ4n) is 3.18. The number of hydrogen-bond acceptors (Lipinski definition) is 3. The zero-order valence-electron chi connectivity index (χ0n) is 10.7. The number of nitrogens with one attached hydrogen (secondary N) is 1. The van der Waals surface area contributed by atoms with Gasteiger partial charge >= 0.3 is 0 Å². The summed E-state index contributed by atoms with van der Waals surface area (Å²) < 4.78 is 0. The van der Waals surface area contributed by atoms with Gasteiger partial charge in [-0.05, 0) is 39.5 Å². The summed E-state index contributed by atoms with van der Waals surface area (Å²) in [4.78, 5) is 0. The molecule has 0 aromatic carbocycles. The van der Waals surface area contributed by atoms with Crippen molar-refractivity contribution in [1.82, 2.24) is 10.4 Å². The van der Waals surface area contributed by atoms with E-state index in [9.17, 15) is 5.11 Å². The van der Waals surface area contributed by atoms with E-state index in [0.717, 1.165) is 19.4 Å². The fraction of sp³-hybridized carbons (Fsp3) is 1.00. The first kappa shape index (κ1) is 12.3. The molecule has 1 saturated heterocycles. The molecule has 2 unspecified atom stereocenters. The van der Waals surface area contributed by atoms with Crippen LogP contribution in [-0.4, -0.2) is 34.3 Å². The molecule has 1 aliphatic heterocycles. The third kappa shape index (κ3) is 2.76. The van der Waals surface area contributed by atoms with Crippen LogP contribution in [-0.2, 0) is 0 Å². The summed E-state index contributed by atoms with van der Waals surface area (Å²) in [6, 6.07) is 1.21. The predicted octanol–water partition coefficient (Wildman–Crippen LogP) is 2.06. The third-order valence-corrected chi connectivity index (χ3v) is 4.32. The molecule has 1 aliphatic carbocycles. The molecule has 0 bridgehead atoms. The molecule has 0 aromatic rings. The smallest absolute Gasteiger partial charge is 0.0785 e. The standard InChI is InChI=1S/C13H26N2O/c1-11-6-5-7-12(2)15(11)14-10-13(16)8-3-4-9-13/h11-12,14,16H,3-10H2,1-2H3. The molecule has 1 saturated carbocycles. The monoisotopic (exact) mass is 226 g/mol. The van der Waals surface area contributed by atoms with E-state index < -0.39 is 5.60 Å².